The van der Waals surface area contributed by atoms with Gasteiger partial charge in [-0.05, 0) is 0 Å². The zero-order valence-electron chi connectivity index (χ0n) is 9.15. The SMILES string of the molecule is COCc1nnc(Cl)cc1N1CCOCC1. The number of hydrogen-bond acceptors (Lipinski definition) is 5. The molecule has 0 unspecified atom stereocenters. The second-order valence-corrected chi connectivity index (χ2v) is 3.92. The minimum Gasteiger partial charge on any atom is -0.378 e. The monoisotopic (exact) mass is 243 g/mol. The third kappa shape index (κ3) is 2.61. The van der Waals surface area contributed by atoms with Crippen molar-refractivity contribution in [1.82, 2.24) is 10.2 Å². The van der Waals surface area contributed by atoms with Crippen LogP contribution in [0.2, 0.25) is 5.15 Å². The normalized spacial score (nSPS) is 16.5. The minimum absolute atomic E-state index is 0.404. The second kappa shape index (κ2) is 5.43. The molecular formula is C10H14ClN3O2. The Morgan fingerprint density at radius 2 is 2.19 bits per heavy atom. The molecule has 2 heterocycles. The minimum atomic E-state index is 0.404. The number of ether oxygens (including phenoxy) is 2. The highest BCUT2D eigenvalue weighted by molar-refractivity contribution is 6.29. The van der Waals surface area contributed by atoms with Gasteiger partial charge >= 0.3 is 0 Å². The number of methoxy groups -OCH3 is 1. The van der Waals surface area contributed by atoms with Gasteiger partial charge in [-0.15, -0.1) is 10.2 Å². The van der Waals surface area contributed by atoms with Crippen molar-refractivity contribution in [2.45, 2.75) is 6.61 Å². The molecule has 1 aliphatic rings. The highest BCUT2D eigenvalue weighted by Crippen LogP contribution is 2.22. The highest BCUT2D eigenvalue weighted by atomic mass is 35.5. The Hall–Kier alpha value is -0.910. The molecule has 16 heavy (non-hydrogen) atoms. The molecule has 0 aromatic carbocycles. The molecule has 0 radical (unpaired) electrons. The van der Waals surface area contributed by atoms with E-state index in [2.05, 4.69) is 15.1 Å². The summed E-state index contributed by atoms with van der Waals surface area (Å²) in [4.78, 5) is 2.19. The van der Waals surface area contributed by atoms with E-state index in [4.69, 9.17) is 21.1 Å². The topological polar surface area (TPSA) is 47.5 Å². The van der Waals surface area contributed by atoms with E-state index < -0.39 is 0 Å². The Balaban J connectivity index is 2.24. The molecule has 0 amide bonds. The van der Waals surface area contributed by atoms with Gasteiger partial charge in [0, 0.05) is 26.3 Å². The van der Waals surface area contributed by atoms with Crippen molar-refractivity contribution >= 4 is 17.3 Å². The Morgan fingerprint density at radius 3 is 2.88 bits per heavy atom. The van der Waals surface area contributed by atoms with E-state index in [-0.39, 0.29) is 0 Å². The molecule has 0 bridgehead atoms. The van der Waals surface area contributed by atoms with Crippen LogP contribution in [0.15, 0.2) is 6.07 Å². The fraction of sp³-hybridized carbons (Fsp3) is 0.600. The second-order valence-electron chi connectivity index (χ2n) is 3.53. The Bertz CT molecular complexity index is 356. The number of nitrogens with zero attached hydrogens (tertiary/aromatic N) is 3. The smallest absolute Gasteiger partial charge is 0.153 e. The molecule has 0 atom stereocenters. The highest BCUT2D eigenvalue weighted by Gasteiger charge is 2.16. The summed E-state index contributed by atoms with van der Waals surface area (Å²) in [6.07, 6.45) is 0. The van der Waals surface area contributed by atoms with Crippen molar-refractivity contribution in [2.24, 2.45) is 0 Å². The van der Waals surface area contributed by atoms with E-state index in [1.54, 1.807) is 7.11 Å². The number of anilines is 1. The lowest BCUT2D eigenvalue weighted by atomic mass is 10.2. The summed E-state index contributed by atoms with van der Waals surface area (Å²) in [5.74, 6) is 0. The zero-order chi connectivity index (χ0) is 11.4. The standard InChI is InChI=1S/C10H14ClN3O2/c1-15-7-8-9(6-10(11)13-12-8)14-2-4-16-5-3-14/h6H,2-5,7H2,1H3. The summed E-state index contributed by atoms with van der Waals surface area (Å²) < 4.78 is 10.4. The van der Waals surface area contributed by atoms with E-state index in [1.165, 1.54) is 0 Å². The molecule has 0 saturated carbocycles. The van der Waals surface area contributed by atoms with Gasteiger partial charge < -0.3 is 14.4 Å². The van der Waals surface area contributed by atoms with E-state index in [0.717, 1.165) is 37.7 Å². The maximum absolute atomic E-state index is 5.86. The van der Waals surface area contributed by atoms with Crippen molar-refractivity contribution < 1.29 is 9.47 Å². The maximum Gasteiger partial charge on any atom is 0.153 e. The molecule has 88 valence electrons. The molecule has 1 aromatic heterocycles. The van der Waals surface area contributed by atoms with Gasteiger partial charge in [-0.1, -0.05) is 11.6 Å². The quantitative estimate of drug-likeness (QED) is 0.796. The average molecular weight is 244 g/mol. The fourth-order valence-corrected chi connectivity index (χ4v) is 1.84. The number of morpholine rings is 1. The first-order valence-corrected chi connectivity index (χ1v) is 5.53. The van der Waals surface area contributed by atoms with Gasteiger partial charge in [-0.25, -0.2) is 0 Å². The van der Waals surface area contributed by atoms with E-state index >= 15 is 0 Å². The van der Waals surface area contributed by atoms with Gasteiger partial charge in [-0.2, -0.15) is 0 Å². The number of hydrogen-bond donors (Lipinski definition) is 0. The van der Waals surface area contributed by atoms with Crippen LogP contribution < -0.4 is 4.90 Å². The molecule has 1 saturated heterocycles. The summed E-state index contributed by atoms with van der Waals surface area (Å²) in [6, 6.07) is 1.83. The van der Waals surface area contributed by atoms with Crippen LogP contribution in [0, 0.1) is 0 Å². The van der Waals surface area contributed by atoms with Crippen LogP contribution in [0.5, 0.6) is 0 Å². The lowest BCUT2D eigenvalue weighted by molar-refractivity contribution is 0.122. The summed E-state index contributed by atoms with van der Waals surface area (Å²) in [7, 11) is 1.64. The number of rotatable bonds is 3. The Morgan fingerprint density at radius 1 is 1.44 bits per heavy atom. The third-order valence-electron chi connectivity index (χ3n) is 2.45. The van der Waals surface area contributed by atoms with Crippen LogP contribution in [-0.4, -0.2) is 43.6 Å². The molecule has 0 aliphatic carbocycles. The van der Waals surface area contributed by atoms with Gasteiger partial charge in [-0.3, -0.25) is 0 Å². The van der Waals surface area contributed by atoms with E-state index in [0.29, 0.717) is 11.8 Å². The van der Waals surface area contributed by atoms with Crippen molar-refractivity contribution in [3.05, 3.63) is 16.9 Å². The van der Waals surface area contributed by atoms with Crippen LogP contribution in [0.25, 0.3) is 0 Å². The molecule has 0 spiro atoms. The first-order valence-electron chi connectivity index (χ1n) is 5.15. The first kappa shape index (κ1) is 11.6. The molecule has 2 rings (SSSR count). The first-order chi connectivity index (χ1) is 7.81. The Labute approximate surface area is 99.3 Å². The van der Waals surface area contributed by atoms with Gasteiger partial charge in [0.2, 0.25) is 0 Å². The van der Waals surface area contributed by atoms with Crippen LogP contribution in [-0.2, 0) is 16.1 Å². The molecule has 1 fully saturated rings. The molecule has 1 aromatic rings. The van der Waals surface area contributed by atoms with Gasteiger partial charge in [0.1, 0.15) is 5.69 Å². The van der Waals surface area contributed by atoms with Crippen molar-refractivity contribution in [1.29, 1.82) is 0 Å². The van der Waals surface area contributed by atoms with Crippen LogP contribution >= 0.6 is 11.6 Å². The fourth-order valence-electron chi connectivity index (χ4n) is 1.70. The van der Waals surface area contributed by atoms with Crippen molar-refractivity contribution in [3.8, 4) is 0 Å². The summed E-state index contributed by atoms with van der Waals surface area (Å²) in [5.41, 5.74) is 1.80. The molecular weight excluding hydrogens is 230 g/mol. The van der Waals surface area contributed by atoms with Crippen molar-refractivity contribution in [3.63, 3.8) is 0 Å². The summed E-state index contributed by atoms with van der Waals surface area (Å²) in [5, 5.41) is 8.29. The molecule has 6 heteroatoms. The van der Waals surface area contributed by atoms with E-state index in [1.807, 2.05) is 6.07 Å². The van der Waals surface area contributed by atoms with Gasteiger partial charge in [0.05, 0.1) is 25.5 Å². The van der Waals surface area contributed by atoms with Gasteiger partial charge in [0.15, 0.2) is 5.15 Å². The molecule has 0 N–H and O–H groups in total. The lowest BCUT2D eigenvalue weighted by Crippen LogP contribution is -2.37. The largest absolute Gasteiger partial charge is 0.378 e. The van der Waals surface area contributed by atoms with Crippen LogP contribution in [0.1, 0.15) is 5.69 Å². The average Bonchev–Trinajstić information content (AvgIpc) is 2.33. The van der Waals surface area contributed by atoms with Gasteiger partial charge in [0.25, 0.3) is 0 Å². The van der Waals surface area contributed by atoms with E-state index in [9.17, 15) is 0 Å². The lowest BCUT2D eigenvalue weighted by Gasteiger charge is -2.29. The molecule has 1 aliphatic heterocycles. The summed E-state index contributed by atoms with van der Waals surface area (Å²) >= 11 is 5.86. The maximum atomic E-state index is 5.86. The summed E-state index contributed by atoms with van der Waals surface area (Å²) in [6.45, 7) is 3.59. The van der Waals surface area contributed by atoms with Crippen LogP contribution in [0.3, 0.4) is 0 Å². The van der Waals surface area contributed by atoms with Crippen LogP contribution in [0.4, 0.5) is 5.69 Å². The molecule has 5 nitrogen and oxygen atoms in total. The van der Waals surface area contributed by atoms with Crippen molar-refractivity contribution in [2.75, 3.05) is 38.3 Å². The number of aromatic nitrogens is 2. The zero-order valence-corrected chi connectivity index (χ0v) is 9.90. The predicted molar refractivity (Wildman–Crippen MR) is 60.8 cm³/mol. The predicted octanol–water partition coefficient (Wildman–Crippen LogP) is 1.11. The Kier molecular flexibility index (Phi) is 3.93. The number of halogens is 1. The third-order valence-corrected chi connectivity index (χ3v) is 2.64.